The third kappa shape index (κ3) is 5.08. The van der Waals surface area contributed by atoms with Crippen molar-refractivity contribution in [3.05, 3.63) is 72.8 Å². The first-order valence-corrected chi connectivity index (χ1v) is 12.9. The van der Waals surface area contributed by atoms with E-state index in [0.717, 1.165) is 49.7 Å². The standard InChI is InChI=1S/C28H33N7O2/c1-32-11-13-34(14-12-32)27-26-28(30-19-29-27)35(20-31-26)25-17-33(16-24(18-36)37-25)15-21-7-9-23(10-8-21)22-5-3-2-4-6-22/h2-10,19-20,24-25,36H,11-18H2,1H3/t24-,25+/m0/s1. The molecule has 4 heterocycles. The Morgan fingerprint density at radius 3 is 2.41 bits per heavy atom. The summed E-state index contributed by atoms with van der Waals surface area (Å²) in [6, 6.07) is 19.1. The Bertz CT molecular complexity index is 1320. The molecule has 2 aromatic heterocycles. The number of aromatic nitrogens is 4. The molecule has 1 N–H and O–H groups in total. The van der Waals surface area contributed by atoms with E-state index in [0.29, 0.717) is 13.1 Å². The van der Waals surface area contributed by atoms with Gasteiger partial charge < -0.3 is 19.6 Å². The van der Waals surface area contributed by atoms with Crippen LogP contribution < -0.4 is 4.90 Å². The minimum atomic E-state index is -0.297. The van der Waals surface area contributed by atoms with Gasteiger partial charge >= 0.3 is 0 Å². The minimum absolute atomic E-state index is 0.0336. The van der Waals surface area contributed by atoms with Crippen LogP contribution in [0.2, 0.25) is 0 Å². The fraction of sp³-hybridized carbons (Fsp3) is 0.393. The Kier molecular flexibility index (Phi) is 6.84. The molecule has 0 aliphatic carbocycles. The Balaban J connectivity index is 1.21. The lowest BCUT2D eigenvalue weighted by molar-refractivity contribution is -0.135. The Morgan fingerprint density at radius 1 is 0.892 bits per heavy atom. The zero-order chi connectivity index (χ0) is 25.2. The summed E-state index contributed by atoms with van der Waals surface area (Å²) in [7, 11) is 2.14. The molecule has 0 unspecified atom stereocenters. The number of morpholine rings is 1. The molecule has 6 rings (SSSR count). The van der Waals surface area contributed by atoms with Gasteiger partial charge in [-0.1, -0.05) is 54.6 Å². The zero-order valence-corrected chi connectivity index (χ0v) is 21.1. The molecule has 192 valence electrons. The van der Waals surface area contributed by atoms with Crippen LogP contribution in [0.5, 0.6) is 0 Å². The van der Waals surface area contributed by atoms with Crippen LogP contribution in [-0.4, -0.2) is 93.5 Å². The van der Waals surface area contributed by atoms with E-state index in [1.165, 1.54) is 16.7 Å². The van der Waals surface area contributed by atoms with Crippen molar-refractivity contribution in [1.82, 2.24) is 29.3 Å². The van der Waals surface area contributed by atoms with Crippen LogP contribution in [0.1, 0.15) is 11.8 Å². The SMILES string of the molecule is CN1CCN(c2ncnc3c2ncn3[C@H]2CN(Cc3ccc(-c4ccccc4)cc3)C[C@@H](CO)O2)CC1. The predicted octanol–water partition coefficient (Wildman–Crippen LogP) is 2.64. The van der Waals surface area contributed by atoms with Gasteiger partial charge in [0.15, 0.2) is 17.0 Å². The number of piperazine rings is 1. The predicted molar refractivity (Wildman–Crippen MR) is 143 cm³/mol. The van der Waals surface area contributed by atoms with Crippen LogP contribution in [-0.2, 0) is 11.3 Å². The van der Waals surface area contributed by atoms with Crippen molar-refractivity contribution in [3.8, 4) is 11.1 Å². The van der Waals surface area contributed by atoms with Crippen molar-refractivity contribution >= 4 is 17.0 Å². The number of ether oxygens (including phenoxy) is 1. The lowest BCUT2D eigenvalue weighted by Crippen LogP contribution is -2.46. The first-order valence-electron chi connectivity index (χ1n) is 12.9. The Morgan fingerprint density at radius 2 is 1.65 bits per heavy atom. The van der Waals surface area contributed by atoms with E-state index in [1.807, 2.05) is 10.6 Å². The summed E-state index contributed by atoms with van der Waals surface area (Å²) in [6.07, 6.45) is 2.84. The van der Waals surface area contributed by atoms with Crippen LogP contribution in [0.3, 0.4) is 0 Å². The van der Waals surface area contributed by atoms with Gasteiger partial charge in [0.1, 0.15) is 12.6 Å². The highest BCUT2D eigenvalue weighted by molar-refractivity contribution is 5.83. The lowest BCUT2D eigenvalue weighted by Gasteiger charge is -2.38. The Hall–Kier alpha value is -3.37. The van der Waals surface area contributed by atoms with Gasteiger partial charge in [-0.25, -0.2) is 15.0 Å². The van der Waals surface area contributed by atoms with E-state index in [9.17, 15) is 5.11 Å². The second kappa shape index (κ2) is 10.5. The number of anilines is 1. The van der Waals surface area contributed by atoms with Crippen molar-refractivity contribution in [2.45, 2.75) is 18.9 Å². The third-order valence-corrected chi connectivity index (χ3v) is 7.35. The molecule has 37 heavy (non-hydrogen) atoms. The lowest BCUT2D eigenvalue weighted by atomic mass is 10.0. The highest BCUT2D eigenvalue weighted by atomic mass is 16.5. The van der Waals surface area contributed by atoms with E-state index in [2.05, 4.69) is 80.2 Å². The van der Waals surface area contributed by atoms with E-state index < -0.39 is 0 Å². The molecule has 0 bridgehead atoms. The molecule has 9 nitrogen and oxygen atoms in total. The largest absolute Gasteiger partial charge is 0.394 e. The van der Waals surface area contributed by atoms with Gasteiger partial charge in [-0.15, -0.1) is 0 Å². The number of rotatable bonds is 6. The molecular weight excluding hydrogens is 466 g/mol. The van der Waals surface area contributed by atoms with E-state index in [4.69, 9.17) is 9.72 Å². The van der Waals surface area contributed by atoms with Gasteiger partial charge in [-0.05, 0) is 23.7 Å². The number of benzene rings is 2. The quantitative estimate of drug-likeness (QED) is 0.434. The fourth-order valence-corrected chi connectivity index (χ4v) is 5.27. The molecule has 2 saturated heterocycles. The number of aliphatic hydroxyl groups excluding tert-OH is 1. The third-order valence-electron chi connectivity index (χ3n) is 7.35. The molecule has 2 aliphatic rings. The number of hydrogen-bond acceptors (Lipinski definition) is 8. The summed E-state index contributed by atoms with van der Waals surface area (Å²) >= 11 is 0. The molecule has 0 amide bonds. The summed E-state index contributed by atoms with van der Waals surface area (Å²) < 4.78 is 8.27. The van der Waals surface area contributed by atoms with E-state index >= 15 is 0 Å². The van der Waals surface area contributed by atoms with Crippen molar-refractivity contribution in [3.63, 3.8) is 0 Å². The smallest absolute Gasteiger partial charge is 0.167 e. The summed E-state index contributed by atoms with van der Waals surface area (Å²) in [5.74, 6) is 0.877. The molecular formula is C28H33N7O2. The average molecular weight is 500 g/mol. The van der Waals surface area contributed by atoms with Crippen LogP contribution in [0, 0.1) is 0 Å². The van der Waals surface area contributed by atoms with Gasteiger partial charge in [0, 0.05) is 45.8 Å². The van der Waals surface area contributed by atoms with Gasteiger partial charge in [0.25, 0.3) is 0 Å². The molecule has 2 fully saturated rings. The summed E-state index contributed by atoms with van der Waals surface area (Å²) in [5.41, 5.74) is 5.21. The summed E-state index contributed by atoms with van der Waals surface area (Å²) in [4.78, 5) is 20.8. The highest BCUT2D eigenvalue weighted by Gasteiger charge is 2.30. The average Bonchev–Trinajstić information content (AvgIpc) is 3.39. The van der Waals surface area contributed by atoms with Crippen LogP contribution in [0.25, 0.3) is 22.3 Å². The molecule has 2 aliphatic heterocycles. The van der Waals surface area contributed by atoms with E-state index in [-0.39, 0.29) is 18.9 Å². The maximum absolute atomic E-state index is 9.99. The van der Waals surface area contributed by atoms with E-state index in [1.54, 1.807) is 12.7 Å². The van der Waals surface area contributed by atoms with Gasteiger partial charge in [0.05, 0.1) is 19.0 Å². The van der Waals surface area contributed by atoms with Crippen molar-refractivity contribution in [2.24, 2.45) is 0 Å². The fourth-order valence-electron chi connectivity index (χ4n) is 5.27. The second-order valence-electron chi connectivity index (χ2n) is 9.96. The Labute approximate surface area is 216 Å². The summed E-state index contributed by atoms with van der Waals surface area (Å²) in [5, 5.41) is 9.99. The molecule has 4 aromatic rings. The van der Waals surface area contributed by atoms with Gasteiger partial charge in [-0.3, -0.25) is 9.47 Å². The first kappa shape index (κ1) is 24.0. The number of likely N-dealkylation sites (N-methyl/N-ethyl adjacent to an activating group) is 1. The molecule has 2 aromatic carbocycles. The number of hydrogen-bond donors (Lipinski definition) is 1. The number of fused-ring (bicyclic) bond motifs is 1. The van der Waals surface area contributed by atoms with Crippen molar-refractivity contribution in [1.29, 1.82) is 0 Å². The normalized spacial score (nSPS) is 21.5. The molecule has 2 atom stereocenters. The highest BCUT2D eigenvalue weighted by Crippen LogP contribution is 2.28. The zero-order valence-electron chi connectivity index (χ0n) is 21.1. The molecule has 0 radical (unpaired) electrons. The number of aliphatic hydroxyl groups is 1. The van der Waals surface area contributed by atoms with Crippen molar-refractivity contribution < 1.29 is 9.84 Å². The maximum Gasteiger partial charge on any atom is 0.167 e. The second-order valence-corrected chi connectivity index (χ2v) is 9.96. The summed E-state index contributed by atoms with van der Waals surface area (Å²) in [6.45, 7) is 5.91. The van der Waals surface area contributed by atoms with Gasteiger partial charge in [-0.2, -0.15) is 0 Å². The van der Waals surface area contributed by atoms with Gasteiger partial charge in [0.2, 0.25) is 0 Å². The monoisotopic (exact) mass is 499 g/mol. The van der Waals surface area contributed by atoms with Crippen molar-refractivity contribution in [2.75, 3.05) is 57.8 Å². The number of nitrogens with zero attached hydrogens (tertiary/aromatic N) is 7. The van der Waals surface area contributed by atoms with Crippen LogP contribution in [0.15, 0.2) is 67.3 Å². The number of imidazole rings is 1. The first-order chi connectivity index (χ1) is 18.2. The molecule has 9 heteroatoms. The van der Waals surface area contributed by atoms with Crippen LogP contribution in [0.4, 0.5) is 5.82 Å². The minimum Gasteiger partial charge on any atom is -0.394 e. The topological polar surface area (TPSA) is 82.8 Å². The molecule has 0 saturated carbocycles. The van der Waals surface area contributed by atoms with Crippen LogP contribution >= 0.6 is 0 Å². The molecule has 0 spiro atoms. The maximum atomic E-state index is 9.99.